The van der Waals surface area contributed by atoms with Gasteiger partial charge in [0, 0.05) is 19.1 Å². The molecule has 0 spiro atoms. The van der Waals surface area contributed by atoms with E-state index in [2.05, 4.69) is 5.32 Å². The van der Waals surface area contributed by atoms with Crippen molar-refractivity contribution >= 4 is 15.9 Å². The van der Waals surface area contributed by atoms with Crippen LogP contribution in [0.2, 0.25) is 0 Å². The summed E-state index contributed by atoms with van der Waals surface area (Å²) >= 11 is 0. The van der Waals surface area contributed by atoms with Crippen LogP contribution >= 0.6 is 0 Å². The Morgan fingerprint density at radius 2 is 2.22 bits per heavy atom. The lowest BCUT2D eigenvalue weighted by Crippen LogP contribution is -2.37. The number of carbonyl (C=O) groups excluding carboxylic acids is 1. The largest absolute Gasteiger partial charge is 0.448 e. The van der Waals surface area contributed by atoms with Gasteiger partial charge in [0.15, 0.2) is 9.84 Å². The van der Waals surface area contributed by atoms with E-state index < -0.39 is 15.9 Å². The van der Waals surface area contributed by atoms with Gasteiger partial charge >= 0.3 is 6.09 Å². The lowest BCUT2D eigenvalue weighted by Gasteiger charge is -2.16. The van der Waals surface area contributed by atoms with Crippen molar-refractivity contribution < 1.29 is 23.1 Å². The third kappa shape index (κ3) is 5.65. The zero-order valence-electron chi connectivity index (χ0n) is 10.5. The zero-order valence-corrected chi connectivity index (χ0v) is 11.3. The summed E-state index contributed by atoms with van der Waals surface area (Å²) in [5, 5.41) is 11.2. The smallest absolute Gasteiger partial charge is 0.407 e. The van der Waals surface area contributed by atoms with E-state index in [1.54, 1.807) is 7.05 Å². The van der Waals surface area contributed by atoms with Gasteiger partial charge in [0.25, 0.3) is 0 Å². The number of aliphatic hydroxyl groups is 1. The minimum Gasteiger partial charge on any atom is -0.448 e. The highest BCUT2D eigenvalue weighted by molar-refractivity contribution is 7.91. The van der Waals surface area contributed by atoms with Crippen molar-refractivity contribution in [1.82, 2.24) is 10.2 Å². The average Bonchev–Trinajstić information content (AvgIpc) is 2.58. The average molecular weight is 280 g/mol. The molecule has 0 aromatic rings. The first-order valence-corrected chi connectivity index (χ1v) is 7.68. The highest BCUT2D eigenvalue weighted by Crippen LogP contribution is 2.11. The van der Waals surface area contributed by atoms with Gasteiger partial charge in [-0.05, 0) is 13.5 Å². The molecule has 0 radical (unpaired) electrons. The summed E-state index contributed by atoms with van der Waals surface area (Å²) in [6.07, 6.45) is -0.142. The van der Waals surface area contributed by atoms with Crippen LogP contribution < -0.4 is 5.32 Å². The molecule has 1 rings (SSSR count). The second kappa shape index (κ2) is 6.91. The van der Waals surface area contributed by atoms with Gasteiger partial charge < -0.3 is 20.1 Å². The molecule has 1 aliphatic rings. The van der Waals surface area contributed by atoms with Crippen LogP contribution in [0.5, 0.6) is 0 Å². The number of carbonyl (C=O) groups is 1. The predicted molar refractivity (Wildman–Crippen MR) is 66.1 cm³/mol. The van der Waals surface area contributed by atoms with Crippen LogP contribution in [0.1, 0.15) is 6.42 Å². The molecule has 1 atom stereocenters. The first-order valence-electron chi connectivity index (χ1n) is 5.86. The van der Waals surface area contributed by atoms with E-state index in [0.717, 1.165) is 0 Å². The number of nitrogens with zero attached hydrogens (tertiary/aromatic N) is 1. The molecule has 18 heavy (non-hydrogen) atoms. The van der Waals surface area contributed by atoms with E-state index in [0.29, 0.717) is 19.5 Å². The Balaban J connectivity index is 2.15. The summed E-state index contributed by atoms with van der Waals surface area (Å²) in [6, 6.07) is -0.335. The van der Waals surface area contributed by atoms with Crippen molar-refractivity contribution in [1.29, 1.82) is 0 Å². The van der Waals surface area contributed by atoms with Crippen molar-refractivity contribution in [2.24, 2.45) is 0 Å². The summed E-state index contributed by atoms with van der Waals surface area (Å²) in [6.45, 7) is 1.31. The fourth-order valence-electron chi connectivity index (χ4n) is 1.69. The molecule has 0 bridgehead atoms. The van der Waals surface area contributed by atoms with Crippen LogP contribution in [0.25, 0.3) is 0 Å². The fraction of sp³-hybridized carbons (Fsp3) is 0.900. The number of sulfone groups is 1. The number of rotatable bonds is 6. The third-order valence-electron chi connectivity index (χ3n) is 2.74. The van der Waals surface area contributed by atoms with Crippen molar-refractivity contribution in [3.05, 3.63) is 0 Å². The summed E-state index contributed by atoms with van der Waals surface area (Å²) < 4.78 is 27.3. The van der Waals surface area contributed by atoms with Crippen molar-refractivity contribution in [3.8, 4) is 0 Å². The first kappa shape index (κ1) is 15.2. The van der Waals surface area contributed by atoms with Gasteiger partial charge in [-0.3, -0.25) is 0 Å². The summed E-state index contributed by atoms with van der Waals surface area (Å²) in [5.41, 5.74) is 0. The SMILES string of the molecule is CN(CCO)CCOC(=O)NC1CCS(=O)(=O)C1. The Bertz CT molecular complexity index is 370. The summed E-state index contributed by atoms with van der Waals surface area (Å²) in [5.74, 6) is 0.115. The maximum Gasteiger partial charge on any atom is 0.407 e. The van der Waals surface area contributed by atoms with E-state index >= 15 is 0 Å². The molecule has 0 aliphatic carbocycles. The summed E-state index contributed by atoms with van der Waals surface area (Å²) in [7, 11) is -1.18. The van der Waals surface area contributed by atoms with Crippen LogP contribution in [0, 0.1) is 0 Å². The molecule has 1 amide bonds. The molecule has 1 saturated heterocycles. The van der Waals surface area contributed by atoms with E-state index in [1.807, 2.05) is 4.90 Å². The van der Waals surface area contributed by atoms with Crippen LogP contribution in [0.15, 0.2) is 0 Å². The molecule has 1 heterocycles. The minimum absolute atomic E-state index is 0.00743. The van der Waals surface area contributed by atoms with E-state index in [1.165, 1.54) is 0 Å². The first-order chi connectivity index (χ1) is 8.43. The highest BCUT2D eigenvalue weighted by atomic mass is 32.2. The standard InChI is InChI=1S/C10H20N2O5S/c1-12(3-5-13)4-6-17-10(14)11-9-2-7-18(15,16)8-9/h9,13H,2-8H2,1H3,(H,11,14). The molecule has 8 heteroatoms. The van der Waals surface area contributed by atoms with Gasteiger partial charge in [-0.2, -0.15) is 0 Å². The number of hydrogen-bond donors (Lipinski definition) is 2. The second-order valence-corrected chi connectivity index (χ2v) is 6.64. The zero-order chi connectivity index (χ0) is 13.6. The van der Waals surface area contributed by atoms with Gasteiger partial charge in [0.05, 0.1) is 18.1 Å². The number of amides is 1. The maximum atomic E-state index is 11.4. The number of ether oxygens (including phenoxy) is 1. The predicted octanol–water partition coefficient (Wildman–Crippen LogP) is -1.18. The molecular weight excluding hydrogens is 260 g/mol. The normalized spacial score (nSPS) is 22.1. The fourth-order valence-corrected chi connectivity index (χ4v) is 3.37. The van der Waals surface area contributed by atoms with Gasteiger partial charge in [-0.25, -0.2) is 13.2 Å². The van der Waals surface area contributed by atoms with Gasteiger partial charge in [-0.1, -0.05) is 0 Å². The Labute approximate surface area is 107 Å². The number of aliphatic hydroxyl groups excluding tert-OH is 1. The number of hydrogen-bond acceptors (Lipinski definition) is 6. The Morgan fingerprint density at radius 3 is 2.78 bits per heavy atom. The van der Waals surface area contributed by atoms with Crippen LogP contribution in [0.3, 0.4) is 0 Å². The Kier molecular flexibility index (Phi) is 5.83. The van der Waals surface area contributed by atoms with Gasteiger partial charge in [0.2, 0.25) is 0 Å². The molecule has 106 valence electrons. The Morgan fingerprint density at radius 1 is 1.50 bits per heavy atom. The van der Waals surface area contributed by atoms with Crippen molar-refractivity contribution in [2.45, 2.75) is 12.5 Å². The number of alkyl carbamates (subject to hydrolysis) is 1. The number of nitrogens with one attached hydrogen (secondary N) is 1. The van der Waals surface area contributed by atoms with Gasteiger partial charge in [-0.15, -0.1) is 0 Å². The number of likely N-dealkylation sites (N-methyl/N-ethyl adjacent to an activating group) is 1. The van der Waals surface area contributed by atoms with Gasteiger partial charge in [0.1, 0.15) is 6.61 Å². The highest BCUT2D eigenvalue weighted by Gasteiger charge is 2.29. The molecule has 0 saturated carbocycles. The molecule has 1 fully saturated rings. The molecule has 1 unspecified atom stereocenters. The Hall–Kier alpha value is -0.860. The topological polar surface area (TPSA) is 95.9 Å². The third-order valence-corrected chi connectivity index (χ3v) is 4.51. The monoisotopic (exact) mass is 280 g/mol. The lowest BCUT2D eigenvalue weighted by atomic mass is 10.3. The maximum absolute atomic E-state index is 11.4. The van der Waals surface area contributed by atoms with Crippen molar-refractivity contribution in [2.75, 3.05) is 44.9 Å². The van der Waals surface area contributed by atoms with Crippen LogP contribution in [-0.4, -0.2) is 75.4 Å². The van der Waals surface area contributed by atoms with Crippen LogP contribution in [-0.2, 0) is 14.6 Å². The van der Waals surface area contributed by atoms with Crippen molar-refractivity contribution in [3.63, 3.8) is 0 Å². The van der Waals surface area contributed by atoms with E-state index in [-0.39, 0.29) is 30.8 Å². The second-order valence-electron chi connectivity index (χ2n) is 4.41. The van der Waals surface area contributed by atoms with Crippen LogP contribution in [0.4, 0.5) is 4.79 Å². The molecule has 7 nitrogen and oxygen atoms in total. The molecule has 0 aromatic heterocycles. The summed E-state index contributed by atoms with van der Waals surface area (Å²) in [4.78, 5) is 13.2. The van der Waals surface area contributed by atoms with E-state index in [9.17, 15) is 13.2 Å². The molecule has 1 aliphatic heterocycles. The lowest BCUT2D eigenvalue weighted by molar-refractivity contribution is 0.125. The molecule has 2 N–H and O–H groups in total. The molecule has 0 aromatic carbocycles. The quantitative estimate of drug-likeness (QED) is 0.636. The minimum atomic E-state index is -2.99. The van der Waals surface area contributed by atoms with E-state index in [4.69, 9.17) is 9.84 Å². The molecular formula is C10H20N2O5S.